The molecule has 0 aliphatic carbocycles. The third-order valence-electron chi connectivity index (χ3n) is 11.6. The molecule has 9 rings (SSSR count). The highest BCUT2D eigenvalue weighted by Gasteiger charge is 2.26. The molecule has 0 spiro atoms. The fraction of sp³-hybridized carbons (Fsp3) is 0.186. The number of hydrogen-bond acceptors (Lipinski definition) is 3. The standard InChI is InChI=1S/C59H55N3O/c1-37-30-39(3)56(63)49(31-37)57-61-55-48(44-33-45(35-46(34-44)58(4,5)6)51-36-42(28-29-60-51)40-18-12-10-13-19-40)23-17-25-53(55)62(57)52-27-26-43(32-38(52)2)54-47(41-20-14-11-15-21-41)22-16-24-50(54)59(7,8)9/h10-36,63H,1-9H3/i2D3,10D,12D,13D,18D,19D,28D,29D,36D. The van der Waals surface area contributed by atoms with E-state index in [0.29, 0.717) is 50.4 Å². The predicted molar refractivity (Wildman–Crippen MR) is 265 cm³/mol. The van der Waals surface area contributed by atoms with E-state index in [-0.39, 0.29) is 33.5 Å². The molecule has 0 fully saturated rings. The molecule has 0 bridgehead atoms. The predicted octanol–water partition coefficient (Wildman–Crippen LogP) is 15.6. The van der Waals surface area contributed by atoms with Crippen LogP contribution < -0.4 is 0 Å². The van der Waals surface area contributed by atoms with Crippen molar-refractivity contribution in [1.82, 2.24) is 14.5 Å². The molecule has 4 heteroatoms. The lowest BCUT2D eigenvalue weighted by Crippen LogP contribution is -2.13. The Labute approximate surface area is 388 Å². The monoisotopic (exact) mass is 833 g/mol. The summed E-state index contributed by atoms with van der Waals surface area (Å²) in [7, 11) is 0. The molecule has 2 aromatic heterocycles. The van der Waals surface area contributed by atoms with Crippen molar-refractivity contribution in [2.24, 2.45) is 0 Å². The SMILES string of the molecule is [2H]c1nc(-c2cc(-c3cccc4c3nc(-c3cc(C)cc(C)c3O)n4-c3ccc(-c4c(-c5ccccc5)cccc4C(C)(C)C)cc3C([2H])([2H])[2H])cc(C(C)(C)C)c2)c([2H])c(-c2c([2H])c([2H])c([2H])c([2H])c2[2H])c1[2H]. The Balaban J connectivity index is 1.34. The summed E-state index contributed by atoms with van der Waals surface area (Å²) in [6, 6.07) is 32.6. The van der Waals surface area contributed by atoms with Gasteiger partial charge in [0.25, 0.3) is 0 Å². The number of imidazole rings is 1. The van der Waals surface area contributed by atoms with Crippen LogP contribution in [0.25, 0.3) is 83.9 Å². The molecule has 0 saturated heterocycles. The first kappa shape index (κ1) is 30.1. The maximum Gasteiger partial charge on any atom is 0.149 e. The van der Waals surface area contributed by atoms with Crippen LogP contribution in [-0.4, -0.2) is 19.6 Å². The van der Waals surface area contributed by atoms with Gasteiger partial charge in [0, 0.05) is 21.4 Å². The smallest absolute Gasteiger partial charge is 0.149 e. The lowest BCUT2D eigenvalue weighted by atomic mass is 9.78. The van der Waals surface area contributed by atoms with E-state index in [9.17, 15) is 6.48 Å². The van der Waals surface area contributed by atoms with Crippen LogP contribution in [0.4, 0.5) is 0 Å². The number of benzene rings is 7. The highest BCUT2D eigenvalue weighted by Crippen LogP contribution is 2.44. The minimum Gasteiger partial charge on any atom is -0.507 e. The Bertz CT molecular complexity index is 3720. The Kier molecular flexibility index (Phi) is 7.65. The van der Waals surface area contributed by atoms with Crippen molar-refractivity contribution in [3.8, 4) is 78.6 Å². The first-order valence-corrected chi connectivity index (χ1v) is 21.1. The van der Waals surface area contributed by atoms with Crippen LogP contribution in [0.2, 0.25) is 0 Å². The molecule has 0 saturated carbocycles. The van der Waals surface area contributed by atoms with Crippen LogP contribution in [0.3, 0.4) is 0 Å². The maximum absolute atomic E-state index is 11.9. The number of rotatable bonds is 7. The van der Waals surface area contributed by atoms with Crippen molar-refractivity contribution in [2.45, 2.75) is 73.1 Å². The van der Waals surface area contributed by atoms with Crippen molar-refractivity contribution < 1.29 is 20.2 Å². The van der Waals surface area contributed by atoms with E-state index in [4.69, 9.17) is 18.7 Å². The number of hydrogen-bond donors (Lipinski definition) is 1. The average Bonchev–Trinajstić information content (AvgIpc) is 3.74. The molecular weight excluding hydrogens is 767 g/mol. The Hall–Kier alpha value is -7.04. The van der Waals surface area contributed by atoms with Crippen molar-refractivity contribution in [3.05, 3.63) is 192 Å². The molecule has 0 amide bonds. The van der Waals surface area contributed by atoms with Crippen molar-refractivity contribution in [2.75, 3.05) is 0 Å². The van der Waals surface area contributed by atoms with Gasteiger partial charge in [-0.15, -0.1) is 0 Å². The van der Waals surface area contributed by atoms with Gasteiger partial charge in [-0.2, -0.15) is 0 Å². The van der Waals surface area contributed by atoms with Crippen molar-refractivity contribution >= 4 is 11.0 Å². The van der Waals surface area contributed by atoms with Gasteiger partial charge in [-0.25, -0.2) is 4.98 Å². The van der Waals surface area contributed by atoms with Crippen molar-refractivity contribution in [3.63, 3.8) is 0 Å². The first-order chi connectivity index (χ1) is 34.7. The number of aromatic hydroxyl groups is 1. The minimum absolute atomic E-state index is 0.0163. The van der Waals surface area contributed by atoms with Gasteiger partial charge < -0.3 is 5.11 Å². The molecule has 0 radical (unpaired) electrons. The number of fused-ring (bicyclic) bond motifs is 1. The number of phenols is 1. The molecule has 63 heavy (non-hydrogen) atoms. The molecule has 0 atom stereocenters. The van der Waals surface area contributed by atoms with Crippen LogP contribution in [0.15, 0.2) is 164 Å². The summed E-state index contributed by atoms with van der Waals surface area (Å²) in [6.45, 7) is 13.6. The molecule has 0 aliphatic rings. The van der Waals surface area contributed by atoms with Gasteiger partial charge in [-0.3, -0.25) is 9.55 Å². The van der Waals surface area contributed by atoms with Gasteiger partial charge in [0.15, 0.2) is 0 Å². The van der Waals surface area contributed by atoms with Crippen molar-refractivity contribution in [1.29, 1.82) is 0 Å². The van der Waals surface area contributed by atoms with E-state index in [0.717, 1.165) is 38.9 Å². The molecule has 9 aromatic rings. The molecular formula is C59H55N3O. The van der Waals surface area contributed by atoms with E-state index in [1.807, 2.05) is 119 Å². The Morgan fingerprint density at radius 3 is 2.10 bits per heavy atom. The Morgan fingerprint density at radius 1 is 0.603 bits per heavy atom. The largest absolute Gasteiger partial charge is 0.507 e. The number of nitrogens with zero attached hydrogens (tertiary/aromatic N) is 3. The van der Waals surface area contributed by atoms with Crippen LogP contribution >= 0.6 is 0 Å². The molecule has 0 unspecified atom stereocenters. The second-order valence-electron chi connectivity index (χ2n) is 18.2. The first-order valence-electron chi connectivity index (χ1n) is 26.6. The molecule has 1 N–H and O–H groups in total. The van der Waals surface area contributed by atoms with Gasteiger partial charge in [-0.05, 0) is 147 Å². The van der Waals surface area contributed by atoms with E-state index in [1.54, 1.807) is 23.6 Å². The summed E-state index contributed by atoms with van der Waals surface area (Å²) in [5, 5.41) is 11.9. The highest BCUT2D eigenvalue weighted by atomic mass is 16.3. The topological polar surface area (TPSA) is 50.9 Å². The molecule has 4 nitrogen and oxygen atoms in total. The van der Waals surface area contributed by atoms with Crippen LogP contribution in [0.1, 0.15) is 84.4 Å². The molecule has 0 aliphatic heterocycles. The van der Waals surface area contributed by atoms with Gasteiger partial charge in [0.05, 0.1) is 38.9 Å². The van der Waals surface area contributed by atoms with E-state index in [2.05, 4.69) is 37.9 Å². The summed E-state index contributed by atoms with van der Waals surface area (Å²) in [6.07, 6.45) is -0.548. The zero-order valence-electron chi connectivity index (χ0n) is 47.8. The molecule has 312 valence electrons. The minimum atomic E-state index is -2.64. The molecule has 7 aromatic carbocycles. The number of para-hydroxylation sites is 1. The van der Waals surface area contributed by atoms with Gasteiger partial charge in [-0.1, -0.05) is 151 Å². The zero-order chi connectivity index (χ0) is 53.7. The van der Waals surface area contributed by atoms with Gasteiger partial charge in [0.2, 0.25) is 0 Å². The maximum atomic E-state index is 11.9. The van der Waals surface area contributed by atoms with Crippen LogP contribution in [-0.2, 0) is 10.8 Å². The van der Waals surface area contributed by atoms with Gasteiger partial charge in [0.1, 0.15) is 11.6 Å². The normalized spacial score (nSPS) is 14.6. The van der Waals surface area contributed by atoms with E-state index in [1.165, 1.54) is 0 Å². The summed E-state index contributed by atoms with van der Waals surface area (Å²) in [4.78, 5) is 9.77. The zero-order valence-corrected chi connectivity index (χ0v) is 36.8. The third-order valence-corrected chi connectivity index (χ3v) is 11.6. The number of aromatic nitrogens is 3. The fourth-order valence-corrected chi connectivity index (χ4v) is 8.43. The van der Waals surface area contributed by atoms with Crippen LogP contribution in [0.5, 0.6) is 5.75 Å². The van der Waals surface area contributed by atoms with E-state index < -0.39 is 60.7 Å². The number of pyridine rings is 1. The summed E-state index contributed by atoms with van der Waals surface area (Å²) in [5.74, 6) is 0.280. The lowest BCUT2D eigenvalue weighted by molar-refractivity contribution is 0.472. The summed E-state index contributed by atoms with van der Waals surface area (Å²) in [5.41, 5.74) is 8.75. The van der Waals surface area contributed by atoms with Crippen LogP contribution in [0, 0.1) is 20.7 Å². The second-order valence-corrected chi connectivity index (χ2v) is 18.2. The average molecular weight is 833 g/mol. The number of aryl methyl sites for hydroxylation is 3. The second kappa shape index (κ2) is 16.0. The third kappa shape index (κ3) is 7.87. The quantitative estimate of drug-likeness (QED) is 0.174. The summed E-state index contributed by atoms with van der Waals surface area (Å²) < 4.78 is 98.8. The Morgan fingerprint density at radius 2 is 1.35 bits per heavy atom. The van der Waals surface area contributed by atoms with Gasteiger partial charge >= 0.3 is 0 Å². The highest BCUT2D eigenvalue weighted by molar-refractivity contribution is 5.97. The lowest BCUT2D eigenvalue weighted by Gasteiger charge is -2.26. The summed E-state index contributed by atoms with van der Waals surface area (Å²) >= 11 is 0. The molecule has 2 heterocycles. The fourth-order valence-electron chi connectivity index (χ4n) is 8.43. The number of phenolic OH excluding ortho intramolecular Hbond substituents is 1. The van der Waals surface area contributed by atoms with E-state index >= 15 is 0 Å².